The van der Waals surface area contributed by atoms with Crippen LogP contribution in [0, 0.1) is 0 Å². The maximum absolute atomic E-state index is 12.2. The number of carbonyl (C=O) groups excluding carboxylic acids is 2. The molecule has 0 heterocycles. The van der Waals surface area contributed by atoms with Crippen LogP contribution in [-0.4, -0.2) is 28.7 Å². The van der Waals surface area contributed by atoms with Crippen LogP contribution < -0.4 is 0 Å². The number of ketones is 1. The van der Waals surface area contributed by atoms with Crippen LogP contribution in [-0.2, 0) is 4.79 Å². The number of nitrogens with zero attached hydrogens (tertiary/aromatic N) is 1. The third-order valence-electron chi connectivity index (χ3n) is 2.65. The zero-order valence-electron chi connectivity index (χ0n) is 11.1. The largest absolute Gasteiger partial charge is 0.331 e. The SMILES string of the molecule is CC(C)N(C(=O)C(=O)c1ccc(Cl)cc1)C(C)C. The van der Waals surface area contributed by atoms with E-state index in [1.165, 1.54) is 0 Å². The molecule has 0 unspecified atom stereocenters. The lowest BCUT2D eigenvalue weighted by molar-refractivity contribution is -0.129. The summed E-state index contributed by atoms with van der Waals surface area (Å²) in [6.07, 6.45) is 0. The first kappa shape index (κ1) is 14.7. The summed E-state index contributed by atoms with van der Waals surface area (Å²) in [5, 5.41) is 0.545. The number of carbonyl (C=O) groups is 2. The average molecular weight is 268 g/mol. The number of halogens is 1. The lowest BCUT2D eigenvalue weighted by Gasteiger charge is -2.30. The molecule has 0 aliphatic carbocycles. The molecule has 1 rings (SSSR count). The number of hydrogen-bond acceptors (Lipinski definition) is 2. The van der Waals surface area contributed by atoms with E-state index in [0.717, 1.165) is 0 Å². The Morgan fingerprint density at radius 2 is 1.44 bits per heavy atom. The average Bonchev–Trinajstić information content (AvgIpc) is 2.28. The van der Waals surface area contributed by atoms with Crippen molar-refractivity contribution in [2.75, 3.05) is 0 Å². The highest BCUT2D eigenvalue weighted by Gasteiger charge is 2.27. The predicted molar refractivity (Wildman–Crippen MR) is 72.9 cm³/mol. The van der Waals surface area contributed by atoms with Crippen molar-refractivity contribution in [3.05, 3.63) is 34.9 Å². The first-order chi connectivity index (χ1) is 8.34. The van der Waals surface area contributed by atoms with Gasteiger partial charge in [-0.3, -0.25) is 9.59 Å². The highest BCUT2D eigenvalue weighted by molar-refractivity contribution is 6.43. The molecule has 0 aliphatic rings. The Bertz CT molecular complexity index is 430. The summed E-state index contributed by atoms with van der Waals surface area (Å²) in [6, 6.07) is 6.35. The van der Waals surface area contributed by atoms with E-state index in [2.05, 4.69) is 0 Å². The van der Waals surface area contributed by atoms with Crippen LogP contribution in [0.2, 0.25) is 5.02 Å². The van der Waals surface area contributed by atoms with Crippen LogP contribution in [0.15, 0.2) is 24.3 Å². The maximum Gasteiger partial charge on any atom is 0.295 e. The summed E-state index contributed by atoms with van der Waals surface area (Å²) < 4.78 is 0. The van der Waals surface area contributed by atoms with E-state index >= 15 is 0 Å². The molecule has 1 aromatic rings. The summed E-state index contributed by atoms with van der Waals surface area (Å²) in [6.45, 7) is 7.58. The van der Waals surface area contributed by atoms with E-state index < -0.39 is 11.7 Å². The number of Topliss-reactive ketones (excluding diaryl/α,β-unsaturated/α-hetero) is 1. The number of hydrogen-bond donors (Lipinski definition) is 0. The second-order valence-corrected chi connectivity index (χ2v) is 5.17. The van der Waals surface area contributed by atoms with Gasteiger partial charge in [-0.2, -0.15) is 0 Å². The molecular weight excluding hydrogens is 250 g/mol. The van der Waals surface area contributed by atoms with E-state index in [1.807, 2.05) is 27.7 Å². The Labute approximate surface area is 113 Å². The zero-order valence-corrected chi connectivity index (χ0v) is 11.9. The Morgan fingerprint density at radius 3 is 1.83 bits per heavy atom. The van der Waals surface area contributed by atoms with Crippen molar-refractivity contribution in [3.63, 3.8) is 0 Å². The van der Waals surface area contributed by atoms with E-state index in [-0.39, 0.29) is 12.1 Å². The van der Waals surface area contributed by atoms with Crippen molar-refractivity contribution in [1.29, 1.82) is 0 Å². The molecule has 0 saturated carbocycles. The van der Waals surface area contributed by atoms with Gasteiger partial charge in [0.1, 0.15) is 0 Å². The summed E-state index contributed by atoms with van der Waals surface area (Å²) in [5.74, 6) is -0.962. The van der Waals surface area contributed by atoms with Crippen LogP contribution in [0.1, 0.15) is 38.1 Å². The molecule has 0 fully saturated rings. The van der Waals surface area contributed by atoms with Gasteiger partial charge in [-0.05, 0) is 52.0 Å². The first-order valence-corrected chi connectivity index (χ1v) is 6.35. The van der Waals surface area contributed by atoms with E-state index in [1.54, 1.807) is 29.2 Å². The molecule has 0 radical (unpaired) electrons. The van der Waals surface area contributed by atoms with Gasteiger partial charge in [0.25, 0.3) is 5.91 Å². The van der Waals surface area contributed by atoms with Gasteiger partial charge in [-0.15, -0.1) is 0 Å². The Kier molecular flexibility index (Phi) is 4.91. The fraction of sp³-hybridized carbons (Fsp3) is 0.429. The minimum absolute atomic E-state index is 0.00579. The lowest BCUT2D eigenvalue weighted by atomic mass is 10.1. The Morgan fingerprint density at radius 1 is 1.00 bits per heavy atom. The van der Waals surface area contributed by atoms with Gasteiger partial charge in [0.2, 0.25) is 5.78 Å². The van der Waals surface area contributed by atoms with Crippen molar-refractivity contribution in [1.82, 2.24) is 4.90 Å². The quantitative estimate of drug-likeness (QED) is 0.621. The zero-order chi connectivity index (χ0) is 13.9. The van der Waals surface area contributed by atoms with E-state index in [0.29, 0.717) is 10.6 Å². The highest BCUT2D eigenvalue weighted by Crippen LogP contribution is 2.13. The molecule has 98 valence electrons. The van der Waals surface area contributed by atoms with Crippen LogP contribution in [0.3, 0.4) is 0 Å². The van der Waals surface area contributed by atoms with Crippen molar-refractivity contribution < 1.29 is 9.59 Å². The van der Waals surface area contributed by atoms with Crippen molar-refractivity contribution in [2.24, 2.45) is 0 Å². The van der Waals surface area contributed by atoms with Crippen molar-refractivity contribution in [3.8, 4) is 0 Å². The predicted octanol–water partition coefficient (Wildman–Crippen LogP) is 3.17. The Balaban J connectivity index is 2.96. The molecule has 1 amide bonds. The molecule has 0 aromatic heterocycles. The molecule has 0 atom stereocenters. The second kappa shape index (κ2) is 6.01. The minimum Gasteiger partial charge on any atom is -0.331 e. The fourth-order valence-electron chi connectivity index (χ4n) is 1.91. The molecule has 0 aliphatic heterocycles. The molecular formula is C14H18ClNO2. The van der Waals surface area contributed by atoms with Crippen LogP contribution in [0.5, 0.6) is 0 Å². The van der Waals surface area contributed by atoms with Gasteiger partial charge in [-0.1, -0.05) is 11.6 Å². The van der Waals surface area contributed by atoms with Gasteiger partial charge in [0.15, 0.2) is 0 Å². The van der Waals surface area contributed by atoms with Crippen molar-refractivity contribution in [2.45, 2.75) is 39.8 Å². The molecule has 18 heavy (non-hydrogen) atoms. The molecule has 3 nitrogen and oxygen atoms in total. The van der Waals surface area contributed by atoms with Gasteiger partial charge in [0.05, 0.1) is 0 Å². The van der Waals surface area contributed by atoms with Gasteiger partial charge in [0, 0.05) is 22.7 Å². The first-order valence-electron chi connectivity index (χ1n) is 5.97. The highest BCUT2D eigenvalue weighted by atomic mass is 35.5. The smallest absolute Gasteiger partial charge is 0.295 e. The standard InChI is InChI=1S/C14H18ClNO2/c1-9(2)16(10(3)4)14(18)13(17)11-5-7-12(15)8-6-11/h5-10H,1-4H3. The third-order valence-corrected chi connectivity index (χ3v) is 2.90. The minimum atomic E-state index is -0.492. The molecule has 0 bridgehead atoms. The number of benzene rings is 1. The van der Waals surface area contributed by atoms with Gasteiger partial charge >= 0.3 is 0 Å². The van der Waals surface area contributed by atoms with Crippen LogP contribution in [0.4, 0.5) is 0 Å². The van der Waals surface area contributed by atoms with E-state index in [4.69, 9.17) is 11.6 Å². The normalized spacial score (nSPS) is 10.8. The lowest BCUT2D eigenvalue weighted by Crippen LogP contribution is -2.45. The topological polar surface area (TPSA) is 37.4 Å². The third kappa shape index (κ3) is 3.33. The van der Waals surface area contributed by atoms with Crippen LogP contribution >= 0.6 is 11.6 Å². The van der Waals surface area contributed by atoms with Gasteiger partial charge in [-0.25, -0.2) is 0 Å². The molecule has 1 aromatic carbocycles. The molecule has 0 spiro atoms. The van der Waals surface area contributed by atoms with Crippen molar-refractivity contribution >= 4 is 23.3 Å². The summed E-state index contributed by atoms with van der Waals surface area (Å²) in [4.78, 5) is 25.8. The fourth-order valence-corrected chi connectivity index (χ4v) is 2.03. The summed E-state index contributed by atoms with van der Waals surface area (Å²) >= 11 is 5.75. The summed E-state index contributed by atoms with van der Waals surface area (Å²) in [7, 11) is 0. The molecule has 0 N–H and O–H groups in total. The molecule has 4 heteroatoms. The monoisotopic (exact) mass is 267 g/mol. The van der Waals surface area contributed by atoms with E-state index in [9.17, 15) is 9.59 Å². The second-order valence-electron chi connectivity index (χ2n) is 4.74. The molecule has 0 saturated heterocycles. The number of rotatable bonds is 4. The number of amides is 1. The van der Waals surface area contributed by atoms with Gasteiger partial charge < -0.3 is 4.90 Å². The summed E-state index contributed by atoms with van der Waals surface area (Å²) in [5.41, 5.74) is 0.371. The van der Waals surface area contributed by atoms with Crippen LogP contribution in [0.25, 0.3) is 0 Å². The maximum atomic E-state index is 12.2. The Hall–Kier alpha value is -1.35.